The molecule has 1 saturated heterocycles. The first kappa shape index (κ1) is 26.4. The Morgan fingerprint density at radius 1 is 0.919 bits per heavy atom. The molecule has 1 aliphatic heterocycles. The van der Waals surface area contributed by atoms with Crippen molar-refractivity contribution in [2.24, 2.45) is 0 Å². The zero-order chi connectivity index (χ0) is 26.0. The van der Waals surface area contributed by atoms with E-state index in [1.807, 2.05) is 79.7 Å². The molecular formula is C31H37N3O3. The minimum Gasteiger partial charge on any atom is -0.496 e. The molecule has 1 heterocycles. The molecule has 0 aromatic heterocycles. The highest BCUT2D eigenvalue weighted by atomic mass is 16.5. The molecule has 4 rings (SSSR count). The highest BCUT2D eigenvalue weighted by Crippen LogP contribution is 2.25. The predicted molar refractivity (Wildman–Crippen MR) is 148 cm³/mol. The van der Waals surface area contributed by atoms with Crippen molar-refractivity contribution in [3.63, 3.8) is 0 Å². The third-order valence-electron chi connectivity index (χ3n) is 6.88. The molecule has 0 radical (unpaired) electrons. The van der Waals surface area contributed by atoms with E-state index < -0.39 is 0 Å². The number of anilines is 1. The molecule has 1 aliphatic rings. The molecule has 0 atom stereocenters. The maximum Gasteiger partial charge on any atom is 0.258 e. The van der Waals surface area contributed by atoms with Gasteiger partial charge in [0.15, 0.2) is 0 Å². The number of carbonyl (C=O) groups excluding carboxylic acids is 2. The minimum atomic E-state index is -0.0888. The van der Waals surface area contributed by atoms with Crippen molar-refractivity contribution >= 4 is 17.5 Å². The average molecular weight is 500 g/mol. The minimum absolute atomic E-state index is 0.0198. The molecule has 194 valence electrons. The van der Waals surface area contributed by atoms with Gasteiger partial charge in [-0.3, -0.25) is 9.59 Å². The van der Waals surface area contributed by atoms with Crippen molar-refractivity contribution in [1.82, 2.24) is 10.2 Å². The number of aryl methyl sites for hydroxylation is 1. The zero-order valence-electron chi connectivity index (χ0n) is 21.9. The highest BCUT2D eigenvalue weighted by Gasteiger charge is 2.20. The molecule has 6 heteroatoms. The van der Waals surface area contributed by atoms with E-state index in [0.717, 1.165) is 47.8 Å². The maximum atomic E-state index is 13.6. The Morgan fingerprint density at radius 3 is 2.32 bits per heavy atom. The van der Waals surface area contributed by atoms with Crippen LogP contribution >= 0.6 is 0 Å². The number of hydrogen-bond acceptors (Lipinski definition) is 4. The Labute approximate surface area is 220 Å². The van der Waals surface area contributed by atoms with Gasteiger partial charge in [0, 0.05) is 29.9 Å². The van der Waals surface area contributed by atoms with Gasteiger partial charge in [-0.25, -0.2) is 0 Å². The maximum absolute atomic E-state index is 13.6. The topological polar surface area (TPSA) is 61.9 Å². The van der Waals surface area contributed by atoms with E-state index in [1.165, 1.54) is 19.3 Å². The summed E-state index contributed by atoms with van der Waals surface area (Å²) in [6.07, 6.45) is 4.13. The summed E-state index contributed by atoms with van der Waals surface area (Å²) in [6, 6.07) is 23.0. The number of nitrogens with one attached hydrogen (secondary N) is 1. The van der Waals surface area contributed by atoms with Gasteiger partial charge in [0.25, 0.3) is 5.91 Å². The average Bonchev–Trinajstić information content (AvgIpc) is 2.93. The Balaban J connectivity index is 1.44. The molecular weight excluding hydrogens is 462 g/mol. The van der Waals surface area contributed by atoms with Gasteiger partial charge in [-0.05, 0) is 68.8 Å². The van der Waals surface area contributed by atoms with Crippen LogP contribution in [-0.4, -0.2) is 50.0 Å². The fourth-order valence-electron chi connectivity index (χ4n) is 4.71. The zero-order valence-corrected chi connectivity index (χ0v) is 21.9. The van der Waals surface area contributed by atoms with Gasteiger partial charge in [-0.2, -0.15) is 0 Å². The fraction of sp³-hybridized carbons (Fsp3) is 0.355. The van der Waals surface area contributed by atoms with Crippen molar-refractivity contribution in [3.8, 4) is 5.75 Å². The largest absolute Gasteiger partial charge is 0.496 e. The molecule has 37 heavy (non-hydrogen) atoms. The lowest BCUT2D eigenvalue weighted by Crippen LogP contribution is -2.38. The summed E-state index contributed by atoms with van der Waals surface area (Å²) in [5, 5.41) is 3.05. The van der Waals surface area contributed by atoms with Crippen molar-refractivity contribution in [2.75, 3.05) is 38.2 Å². The van der Waals surface area contributed by atoms with Gasteiger partial charge in [0.1, 0.15) is 5.75 Å². The van der Waals surface area contributed by atoms with E-state index in [-0.39, 0.29) is 11.8 Å². The van der Waals surface area contributed by atoms with Crippen LogP contribution in [0.3, 0.4) is 0 Å². The van der Waals surface area contributed by atoms with E-state index in [0.29, 0.717) is 25.1 Å². The van der Waals surface area contributed by atoms with Crippen LogP contribution in [0.25, 0.3) is 0 Å². The van der Waals surface area contributed by atoms with E-state index in [1.54, 1.807) is 12.0 Å². The van der Waals surface area contributed by atoms with Crippen molar-refractivity contribution in [1.29, 1.82) is 0 Å². The summed E-state index contributed by atoms with van der Waals surface area (Å²) in [6.45, 7) is 6.21. The number of hydrogen-bond donors (Lipinski definition) is 1. The Hall–Kier alpha value is -3.64. The number of amides is 2. The van der Waals surface area contributed by atoms with Crippen molar-refractivity contribution < 1.29 is 14.3 Å². The monoisotopic (exact) mass is 499 g/mol. The number of rotatable bonds is 10. The first-order valence-electron chi connectivity index (χ1n) is 13.1. The van der Waals surface area contributed by atoms with Gasteiger partial charge < -0.3 is 19.9 Å². The van der Waals surface area contributed by atoms with E-state index in [9.17, 15) is 9.59 Å². The van der Waals surface area contributed by atoms with Crippen molar-refractivity contribution in [3.05, 3.63) is 95.1 Å². The summed E-state index contributed by atoms with van der Waals surface area (Å²) in [7, 11) is 1.64. The molecule has 6 nitrogen and oxygen atoms in total. The lowest BCUT2D eigenvalue weighted by molar-refractivity contribution is -0.120. The summed E-state index contributed by atoms with van der Waals surface area (Å²) < 4.78 is 5.53. The smallest absolute Gasteiger partial charge is 0.258 e. The van der Waals surface area contributed by atoms with Crippen LogP contribution in [0.5, 0.6) is 5.75 Å². The molecule has 1 N–H and O–H groups in total. The van der Waals surface area contributed by atoms with E-state index in [4.69, 9.17) is 4.74 Å². The summed E-state index contributed by atoms with van der Waals surface area (Å²) in [5.41, 5.74) is 4.33. The van der Waals surface area contributed by atoms with Crippen LogP contribution in [0.2, 0.25) is 0 Å². The SMILES string of the molecule is COc1ccccc1CN(C(=O)c1ccc(C)cc1)c1ccc(CC(=O)NCCN2CCCCC2)cc1. The summed E-state index contributed by atoms with van der Waals surface area (Å²) in [4.78, 5) is 30.3. The lowest BCUT2D eigenvalue weighted by Gasteiger charge is -2.26. The standard InChI is InChI=1S/C31H37N3O3/c1-24-10-14-26(15-11-24)31(36)34(23-27-8-4-5-9-29(27)37-2)28-16-12-25(13-17-28)22-30(35)32-18-21-33-19-6-3-7-20-33/h4-5,8-17H,3,6-7,18-23H2,1-2H3,(H,32,35). The van der Waals surface area contributed by atoms with Crippen LogP contribution in [0.15, 0.2) is 72.8 Å². The van der Waals surface area contributed by atoms with Crippen LogP contribution < -0.4 is 15.0 Å². The number of piperidine rings is 1. The summed E-state index contributed by atoms with van der Waals surface area (Å²) in [5.74, 6) is 0.669. The van der Waals surface area contributed by atoms with Crippen molar-refractivity contribution in [2.45, 2.75) is 39.2 Å². The third kappa shape index (κ3) is 7.43. The lowest BCUT2D eigenvalue weighted by atomic mass is 10.1. The molecule has 2 amide bonds. The number of benzene rings is 3. The van der Waals surface area contributed by atoms with Gasteiger partial charge >= 0.3 is 0 Å². The molecule has 0 unspecified atom stereocenters. The molecule has 0 aliphatic carbocycles. The van der Waals surface area contributed by atoms with Crippen LogP contribution in [0.4, 0.5) is 5.69 Å². The Kier molecular flexibility index (Phi) is 9.33. The third-order valence-corrected chi connectivity index (χ3v) is 6.88. The second kappa shape index (κ2) is 13.1. The molecule has 3 aromatic rings. The Morgan fingerprint density at radius 2 is 1.62 bits per heavy atom. The van der Waals surface area contributed by atoms with E-state index in [2.05, 4.69) is 10.2 Å². The number of carbonyl (C=O) groups is 2. The quantitative estimate of drug-likeness (QED) is 0.427. The fourth-order valence-corrected chi connectivity index (χ4v) is 4.71. The number of para-hydroxylation sites is 1. The molecule has 0 spiro atoms. The van der Waals surface area contributed by atoms with Gasteiger partial charge in [-0.15, -0.1) is 0 Å². The number of ether oxygens (including phenoxy) is 1. The van der Waals surface area contributed by atoms with Crippen LogP contribution in [0.1, 0.15) is 46.3 Å². The first-order chi connectivity index (χ1) is 18.0. The van der Waals surface area contributed by atoms with Gasteiger partial charge in [0.2, 0.25) is 5.91 Å². The summed E-state index contributed by atoms with van der Waals surface area (Å²) >= 11 is 0. The molecule has 3 aromatic carbocycles. The van der Waals surface area contributed by atoms with Crippen LogP contribution in [-0.2, 0) is 17.8 Å². The predicted octanol–water partition coefficient (Wildman–Crippen LogP) is 5.00. The van der Waals surface area contributed by atoms with E-state index >= 15 is 0 Å². The Bertz CT molecular complexity index is 1170. The van der Waals surface area contributed by atoms with Gasteiger partial charge in [-0.1, -0.05) is 54.4 Å². The molecule has 0 saturated carbocycles. The highest BCUT2D eigenvalue weighted by molar-refractivity contribution is 6.06. The number of nitrogens with zero attached hydrogens (tertiary/aromatic N) is 2. The van der Waals surface area contributed by atoms with Gasteiger partial charge in [0.05, 0.1) is 20.1 Å². The number of likely N-dealkylation sites (tertiary alicyclic amines) is 1. The van der Waals surface area contributed by atoms with Crippen LogP contribution in [0, 0.1) is 6.92 Å². The second-order valence-corrected chi connectivity index (χ2v) is 9.66. The first-order valence-corrected chi connectivity index (χ1v) is 13.1. The molecule has 1 fully saturated rings. The molecule has 0 bridgehead atoms. The second-order valence-electron chi connectivity index (χ2n) is 9.66. The normalized spacial score (nSPS) is 13.7. The number of methoxy groups -OCH3 is 1.